The fourth-order valence-electron chi connectivity index (χ4n) is 4.45. The van der Waals surface area contributed by atoms with Gasteiger partial charge < -0.3 is 19.2 Å². The summed E-state index contributed by atoms with van der Waals surface area (Å²) in [5.41, 5.74) is 1.13. The van der Waals surface area contributed by atoms with E-state index in [-0.39, 0.29) is 29.4 Å². The van der Waals surface area contributed by atoms with Crippen molar-refractivity contribution in [2.45, 2.75) is 40.2 Å². The second-order valence-electron chi connectivity index (χ2n) is 7.50. The number of hydrogen-bond acceptors (Lipinski definition) is 4. The molecule has 5 heteroatoms. The third-order valence-corrected chi connectivity index (χ3v) is 6.06. The number of furan rings is 1. The Morgan fingerprint density at radius 2 is 2.24 bits per heavy atom. The molecular formula is C20H29NO4. The topological polar surface area (TPSA) is 60.7 Å². The van der Waals surface area contributed by atoms with E-state index in [1.807, 2.05) is 19.1 Å². The van der Waals surface area contributed by atoms with E-state index in [1.165, 1.54) is 5.57 Å². The lowest BCUT2D eigenvalue weighted by Gasteiger charge is -2.54. The molecule has 1 aliphatic heterocycles. The number of alkyl carbamates (subject to hydrolysis) is 1. The molecule has 0 aromatic carbocycles. The number of hydrogen-bond donors (Lipinski definition) is 1. The molecule has 1 aromatic rings. The first-order valence-corrected chi connectivity index (χ1v) is 9.23. The molecule has 0 unspecified atom stereocenters. The first-order valence-electron chi connectivity index (χ1n) is 9.23. The Hall–Kier alpha value is -1.75. The highest BCUT2D eigenvalue weighted by Crippen LogP contribution is 2.56. The first-order chi connectivity index (χ1) is 12.0. The molecule has 1 saturated heterocycles. The van der Waals surface area contributed by atoms with Crippen LogP contribution in [-0.2, 0) is 9.47 Å². The van der Waals surface area contributed by atoms with E-state index in [0.29, 0.717) is 25.7 Å². The number of carbonyl (C=O) groups excluding carboxylic acids is 1. The lowest BCUT2D eigenvalue weighted by atomic mass is 9.56. The molecule has 0 spiro atoms. The highest BCUT2D eigenvalue weighted by molar-refractivity contribution is 5.67. The number of amides is 1. The van der Waals surface area contributed by atoms with Crippen molar-refractivity contribution in [3.05, 3.63) is 35.8 Å². The maximum absolute atomic E-state index is 11.9. The number of allylic oxidation sites excluding steroid dienone is 1. The van der Waals surface area contributed by atoms with Crippen LogP contribution in [0, 0.1) is 23.2 Å². The van der Waals surface area contributed by atoms with Gasteiger partial charge in [-0.15, -0.1) is 0 Å². The first kappa shape index (κ1) is 18.1. The molecule has 1 aromatic heterocycles. The molecule has 138 valence electrons. The molecule has 3 rings (SSSR count). The summed E-state index contributed by atoms with van der Waals surface area (Å²) in [5, 5.41) is 2.78. The summed E-state index contributed by atoms with van der Waals surface area (Å²) in [6.07, 6.45) is 4.49. The fraction of sp³-hybridized carbons (Fsp3) is 0.650. The zero-order valence-corrected chi connectivity index (χ0v) is 15.6. The number of rotatable bonds is 5. The molecule has 2 heterocycles. The second-order valence-corrected chi connectivity index (χ2v) is 7.50. The monoisotopic (exact) mass is 347 g/mol. The summed E-state index contributed by atoms with van der Waals surface area (Å²) in [6, 6.07) is 3.88. The van der Waals surface area contributed by atoms with Crippen molar-refractivity contribution in [1.29, 1.82) is 0 Å². The zero-order chi connectivity index (χ0) is 18.0. The van der Waals surface area contributed by atoms with Crippen LogP contribution < -0.4 is 5.32 Å². The van der Waals surface area contributed by atoms with Gasteiger partial charge in [-0.05, 0) is 37.3 Å². The van der Waals surface area contributed by atoms with Crippen LogP contribution in [0.15, 0.2) is 34.5 Å². The SMILES string of the molecule is CCCNC(=O)OC[C@@]12CO[C@H](c3ccco3)[C@H](C(C)=C[C@@H]1C)[C@H]2C. The Kier molecular flexibility index (Phi) is 5.23. The quantitative estimate of drug-likeness (QED) is 0.806. The van der Waals surface area contributed by atoms with Gasteiger partial charge >= 0.3 is 6.09 Å². The molecule has 2 aliphatic rings. The lowest BCUT2D eigenvalue weighted by molar-refractivity contribution is -0.170. The van der Waals surface area contributed by atoms with Gasteiger partial charge in [-0.1, -0.05) is 32.4 Å². The fourth-order valence-corrected chi connectivity index (χ4v) is 4.45. The van der Waals surface area contributed by atoms with Crippen LogP contribution in [0.25, 0.3) is 0 Å². The molecule has 1 amide bonds. The minimum absolute atomic E-state index is 0.0733. The normalized spacial score (nSPS) is 34.3. The number of ether oxygens (including phenoxy) is 2. The summed E-state index contributed by atoms with van der Waals surface area (Å²) >= 11 is 0. The van der Waals surface area contributed by atoms with Gasteiger partial charge in [-0.3, -0.25) is 0 Å². The summed E-state index contributed by atoms with van der Waals surface area (Å²) in [4.78, 5) is 11.9. The van der Waals surface area contributed by atoms with E-state index >= 15 is 0 Å². The number of carbonyl (C=O) groups is 1. The van der Waals surface area contributed by atoms with Gasteiger partial charge in [0.2, 0.25) is 0 Å². The van der Waals surface area contributed by atoms with Gasteiger partial charge in [0.15, 0.2) is 0 Å². The Morgan fingerprint density at radius 1 is 1.44 bits per heavy atom. The molecular weight excluding hydrogens is 318 g/mol. The minimum Gasteiger partial charge on any atom is -0.467 e. The number of fused-ring (bicyclic) bond motifs is 2. The highest BCUT2D eigenvalue weighted by atomic mass is 16.6. The van der Waals surface area contributed by atoms with Crippen LogP contribution in [0.1, 0.15) is 46.0 Å². The highest BCUT2D eigenvalue weighted by Gasteiger charge is 2.55. The standard InChI is InChI=1S/C20H29NO4/c1-5-8-21-19(22)25-12-20-11-24-18(16-7-6-9-23-16)17(15(20)4)13(2)10-14(20)3/h6-7,9-10,14-15,17-18H,5,8,11-12H2,1-4H3,(H,21,22)/t14-,15+,17+,18+,20-/m0/s1. The van der Waals surface area contributed by atoms with Gasteiger partial charge in [-0.2, -0.15) is 0 Å². The van der Waals surface area contributed by atoms with E-state index in [1.54, 1.807) is 6.26 Å². The molecule has 5 atom stereocenters. The van der Waals surface area contributed by atoms with Gasteiger partial charge in [0.1, 0.15) is 18.5 Å². The predicted octanol–water partition coefficient (Wildman–Crippen LogP) is 4.32. The Morgan fingerprint density at radius 3 is 2.92 bits per heavy atom. The lowest BCUT2D eigenvalue weighted by Crippen LogP contribution is -2.54. The maximum atomic E-state index is 11.9. The molecule has 2 bridgehead atoms. The Balaban J connectivity index is 1.80. The maximum Gasteiger partial charge on any atom is 0.407 e. The van der Waals surface area contributed by atoms with Crippen molar-refractivity contribution in [3.8, 4) is 0 Å². The van der Waals surface area contributed by atoms with Crippen molar-refractivity contribution in [2.75, 3.05) is 19.8 Å². The summed E-state index contributed by atoms with van der Waals surface area (Å²) < 4.78 is 17.5. The third-order valence-electron chi connectivity index (χ3n) is 6.06. The van der Waals surface area contributed by atoms with E-state index < -0.39 is 0 Å². The van der Waals surface area contributed by atoms with E-state index in [0.717, 1.165) is 12.2 Å². The van der Waals surface area contributed by atoms with Crippen molar-refractivity contribution in [2.24, 2.45) is 23.2 Å². The molecule has 1 N–H and O–H groups in total. The molecule has 0 saturated carbocycles. The molecule has 1 fully saturated rings. The molecule has 5 nitrogen and oxygen atoms in total. The van der Waals surface area contributed by atoms with Crippen LogP contribution in [0.3, 0.4) is 0 Å². The van der Waals surface area contributed by atoms with Crippen molar-refractivity contribution >= 4 is 6.09 Å². The Bertz CT molecular complexity index is 624. The van der Waals surface area contributed by atoms with Crippen LogP contribution in [0.2, 0.25) is 0 Å². The van der Waals surface area contributed by atoms with E-state index in [2.05, 4.69) is 32.2 Å². The van der Waals surface area contributed by atoms with Crippen molar-refractivity contribution in [1.82, 2.24) is 5.32 Å². The summed E-state index contributed by atoms with van der Waals surface area (Å²) in [6.45, 7) is 10.2. The van der Waals surface area contributed by atoms with Crippen molar-refractivity contribution in [3.63, 3.8) is 0 Å². The number of nitrogens with one attached hydrogen (secondary N) is 1. The predicted molar refractivity (Wildman–Crippen MR) is 95.1 cm³/mol. The average molecular weight is 347 g/mol. The van der Waals surface area contributed by atoms with Crippen LogP contribution in [-0.4, -0.2) is 25.9 Å². The minimum atomic E-state index is -0.341. The van der Waals surface area contributed by atoms with Gasteiger partial charge in [0.25, 0.3) is 0 Å². The molecule has 0 radical (unpaired) electrons. The molecule has 1 aliphatic carbocycles. The van der Waals surface area contributed by atoms with E-state index in [9.17, 15) is 4.79 Å². The van der Waals surface area contributed by atoms with Gasteiger partial charge in [-0.25, -0.2) is 4.79 Å². The van der Waals surface area contributed by atoms with Gasteiger partial charge in [0, 0.05) is 17.9 Å². The van der Waals surface area contributed by atoms with Gasteiger partial charge in [0.05, 0.1) is 12.9 Å². The molecule has 25 heavy (non-hydrogen) atoms. The smallest absolute Gasteiger partial charge is 0.407 e. The van der Waals surface area contributed by atoms with E-state index in [4.69, 9.17) is 13.9 Å². The average Bonchev–Trinajstić information content (AvgIpc) is 3.11. The largest absolute Gasteiger partial charge is 0.467 e. The third kappa shape index (κ3) is 3.22. The Labute approximate surface area is 149 Å². The second kappa shape index (κ2) is 7.24. The summed E-state index contributed by atoms with van der Waals surface area (Å²) in [7, 11) is 0. The van der Waals surface area contributed by atoms with Crippen molar-refractivity contribution < 1.29 is 18.7 Å². The van der Waals surface area contributed by atoms with Crippen LogP contribution in [0.5, 0.6) is 0 Å². The summed E-state index contributed by atoms with van der Waals surface area (Å²) in [5.74, 6) is 1.72. The van der Waals surface area contributed by atoms with Crippen LogP contribution >= 0.6 is 0 Å². The van der Waals surface area contributed by atoms with Crippen LogP contribution in [0.4, 0.5) is 4.79 Å². The zero-order valence-electron chi connectivity index (χ0n) is 15.6.